The topological polar surface area (TPSA) is 70.4 Å². The predicted molar refractivity (Wildman–Crippen MR) is 118 cm³/mol. The Morgan fingerprint density at radius 2 is 2.07 bits per heavy atom. The second-order valence-corrected chi connectivity index (χ2v) is 7.87. The number of aromatic nitrogens is 3. The van der Waals surface area contributed by atoms with Crippen LogP contribution in [0.1, 0.15) is 49.8 Å². The van der Waals surface area contributed by atoms with Gasteiger partial charge >= 0.3 is 0 Å². The van der Waals surface area contributed by atoms with Crippen LogP contribution in [0.4, 0.5) is 0 Å². The Labute approximate surface area is 174 Å². The number of likely N-dealkylation sites (tertiary alicyclic amines) is 1. The molecule has 2 heterocycles. The van der Waals surface area contributed by atoms with Gasteiger partial charge in [0.05, 0.1) is 0 Å². The van der Waals surface area contributed by atoms with Gasteiger partial charge in [0, 0.05) is 32.7 Å². The second-order valence-electron chi connectivity index (χ2n) is 7.87. The lowest BCUT2D eigenvalue weighted by Gasteiger charge is -2.34. The van der Waals surface area contributed by atoms with Crippen molar-refractivity contribution < 1.29 is 0 Å². The SMILES string of the molecule is CCCCNC(=NCc1nnc(C)n1C)NC1CCCN(Cc2ccccc2)C1. The van der Waals surface area contributed by atoms with Crippen LogP contribution in [-0.4, -0.2) is 51.3 Å². The van der Waals surface area contributed by atoms with Crippen molar-refractivity contribution in [3.05, 3.63) is 47.5 Å². The van der Waals surface area contributed by atoms with Crippen LogP contribution in [0.3, 0.4) is 0 Å². The first kappa shape index (κ1) is 21.3. The molecule has 1 aliphatic heterocycles. The minimum Gasteiger partial charge on any atom is -0.356 e. The number of nitrogens with one attached hydrogen (secondary N) is 2. The van der Waals surface area contributed by atoms with E-state index >= 15 is 0 Å². The highest BCUT2D eigenvalue weighted by Gasteiger charge is 2.21. The van der Waals surface area contributed by atoms with Gasteiger partial charge in [0.15, 0.2) is 11.8 Å². The van der Waals surface area contributed by atoms with E-state index in [0.29, 0.717) is 12.6 Å². The number of aryl methyl sites for hydroxylation is 1. The number of nitrogens with zero attached hydrogens (tertiary/aromatic N) is 5. The van der Waals surface area contributed by atoms with Crippen LogP contribution >= 0.6 is 0 Å². The van der Waals surface area contributed by atoms with E-state index in [2.05, 4.69) is 63.0 Å². The molecule has 158 valence electrons. The summed E-state index contributed by atoms with van der Waals surface area (Å²) in [6.07, 6.45) is 4.67. The van der Waals surface area contributed by atoms with Crippen LogP contribution in [0.5, 0.6) is 0 Å². The molecule has 0 aliphatic carbocycles. The first-order chi connectivity index (χ1) is 14.2. The van der Waals surface area contributed by atoms with E-state index in [1.54, 1.807) is 0 Å². The smallest absolute Gasteiger partial charge is 0.191 e. The largest absolute Gasteiger partial charge is 0.356 e. The Bertz CT molecular complexity index is 769. The van der Waals surface area contributed by atoms with E-state index in [-0.39, 0.29) is 0 Å². The van der Waals surface area contributed by atoms with Gasteiger partial charge in [0.25, 0.3) is 0 Å². The number of guanidine groups is 1. The molecule has 0 saturated carbocycles. The Morgan fingerprint density at radius 3 is 2.79 bits per heavy atom. The third-order valence-electron chi connectivity index (χ3n) is 5.48. The fraction of sp³-hybridized carbons (Fsp3) is 0.591. The number of piperidine rings is 1. The standard InChI is InChI=1S/C22H35N7/c1-4-5-13-23-22(24-15-21-27-26-18(2)28(21)3)25-20-12-9-14-29(17-20)16-19-10-7-6-8-11-19/h6-8,10-11,20H,4-5,9,12-17H2,1-3H3,(H2,23,24,25). The normalized spacial score (nSPS) is 18.0. The van der Waals surface area contributed by atoms with Crippen molar-refractivity contribution in [2.24, 2.45) is 12.0 Å². The molecule has 1 aromatic carbocycles. The van der Waals surface area contributed by atoms with Crippen molar-refractivity contribution in [2.45, 2.75) is 58.7 Å². The second kappa shape index (κ2) is 11.0. The first-order valence-corrected chi connectivity index (χ1v) is 10.8. The van der Waals surface area contributed by atoms with Crippen molar-refractivity contribution in [2.75, 3.05) is 19.6 Å². The number of aliphatic imine (C=N–C) groups is 1. The van der Waals surface area contributed by atoms with Gasteiger partial charge in [-0.3, -0.25) is 4.90 Å². The Morgan fingerprint density at radius 1 is 1.24 bits per heavy atom. The van der Waals surface area contributed by atoms with Gasteiger partial charge < -0.3 is 15.2 Å². The van der Waals surface area contributed by atoms with Crippen LogP contribution in [0, 0.1) is 6.92 Å². The molecule has 1 aliphatic rings. The van der Waals surface area contributed by atoms with Crippen LogP contribution < -0.4 is 10.6 Å². The Balaban J connectivity index is 1.59. The number of hydrogen-bond acceptors (Lipinski definition) is 4. The molecule has 1 unspecified atom stereocenters. The van der Waals surface area contributed by atoms with Crippen molar-refractivity contribution >= 4 is 5.96 Å². The summed E-state index contributed by atoms with van der Waals surface area (Å²) in [5.74, 6) is 2.67. The molecule has 0 amide bonds. The molecule has 1 fully saturated rings. The summed E-state index contributed by atoms with van der Waals surface area (Å²) in [5, 5.41) is 15.5. The minimum atomic E-state index is 0.404. The molecular weight excluding hydrogens is 362 g/mol. The number of hydrogen-bond donors (Lipinski definition) is 2. The van der Waals surface area contributed by atoms with Crippen LogP contribution in [0.25, 0.3) is 0 Å². The number of benzene rings is 1. The molecule has 1 aromatic heterocycles. The van der Waals surface area contributed by atoms with Crippen molar-refractivity contribution in [1.82, 2.24) is 30.3 Å². The summed E-state index contributed by atoms with van der Waals surface area (Å²) < 4.78 is 2.00. The van der Waals surface area contributed by atoms with E-state index in [9.17, 15) is 0 Å². The molecule has 0 bridgehead atoms. The van der Waals surface area contributed by atoms with Gasteiger partial charge in [-0.2, -0.15) is 0 Å². The quantitative estimate of drug-likeness (QED) is 0.407. The molecule has 7 heteroatoms. The van der Waals surface area contributed by atoms with Crippen LogP contribution in [0.2, 0.25) is 0 Å². The van der Waals surface area contributed by atoms with E-state index in [0.717, 1.165) is 56.6 Å². The molecule has 29 heavy (non-hydrogen) atoms. The maximum atomic E-state index is 4.80. The molecule has 1 atom stereocenters. The molecule has 3 rings (SSSR count). The summed E-state index contributed by atoms with van der Waals surface area (Å²) in [6.45, 7) is 8.82. The summed E-state index contributed by atoms with van der Waals surface area (Å²) in [7, 11) is 1.99. The minimum absolute atomic E-state index is 0.404. The Kier molecular flexibility index (Phi) is 8.04. The highest BCUT2D eigenvalue weighted by atomic mass is 15.3. The van der Waals surface area contributed by atoms with E-state index in [4.69, 9.17) is 4.99 Å². The lowest BCUT2D eigenvalue weighted by Crippen LogP contribution is -2.51. The monoisotopic (exact) mass is 397 g/mol. The average Bonchev–Trinajstić information content (AvgIpc) is 3.05. The van der Waals surface area contributed by atoms with Gasteiger partial charge in [0.2, 0.25) is 0 Å². The van der Waals surface area contributed by atoms with Crippen molar-refractivity contribution in [3.8, 4) is 0 Å². The lowest BCUT2D eigenvalue weighted by molar-refractivity contribution is 0.192. The van der Waals surface area contributed by atoms with Gasteiger partial charge in [-0.15, -0.1) is 10.2 Å². The zero-order valence-corrected chi connectivity index (χ0v) is 18.1. The van der Waals surface area contributed by atoms with Crippen molar-refractivity contribution in [3.63, 3.8) is 0 Å². The zero-order valence-electron chi connectivity index (χ0n) is 18.1. The van der Waals surface area contributed by atoms with Gasteiger partial charge in [-0.25, -0.2) is 4.99 Å². The zero-order chi connectivity index (χ0) is 20.5. The summed E-state index contributed by atoms with van der Waals surface area (Å²) in [6, 6.07) is 11.1. The van der Waals surface area contributed by atoms with E-state index < -0.39 is 0 Å². The molecule has 2 N–H and O–H groups in total. The van der Waals surface area contributed by atoms with E-state index in [1.165, 1.54) is 18.4 Å². The van der Waals surface area contributed by atoms with Gasteiger partial charge in [-0.05, 0) is 38.3 Å². The molecular formula is C22H35N7. The predicted octanol–water partition coefficient (Wildman–Crippen LogP) is 2.62. The highest BCUT2D eigenvalue weighted by molar-refractivity contribution is 5.80. The molecule has 0 spiro atoms. The maximum absolute atomic E-state index is 4.80. The maximum Gasteiger partial charge on any atom is 0.191 e. The summed E-state index contributed by atoms with van der Waals surface area (Å²) >= 11 is 0. The highest BCUT2D eigenvalue weighted by Crippen LogP contribution is 2.14. The fourth-order valence-electron chi connectivity index (χ4n) is 3.63. The number of unbranched alkanes of at least 4 members (excludes halogenated alkanes) is 1. The molecule has 7 nitrogen and oxygen atoms in total. The lowest BCUT2D eigenvalue weighted by atomic mass is 10.0. The molecule has 0 radical (unpaired) electrons. The molecule has 1 saturated heterocycles. The van der Waals surface area contributed by atoms with Crippen molar-refractivity contribution in [1.29, 1.82) is 0 Å². The third kappa shape index (κ3) is 6.56. The van der Waals surface area contributed by atoms with Gasteiger partial charge in [-0.1, -0.05) is 43.7 Å². The van der Waals surface area contributed by atoms with E-state index in [1.807, 2.05) is 18.5 Å². The Hall–Kier alpha value is -2.41. The third-order valence-corrected chi connectivity index (χ3v) is 5.48. The number of rotatable bonds is 8. The first-order valence-electron chi connectivity index (χ1n) is 10.8. The van der Waals surface area contributed by atoms with Gasteiger partial charge in [0.1, 0.15) is 12.4 Å². The summed E-state index contributed by atoms with van der Waals surface area (Å²) in [4.78, 5) is 7.33. The fourth-order valence-corrected chi connectivity index (χ4v) is 3.63. The summed E-state index contributed by atoms with van der Waals surface area (Å²) in [5.41, 5.74) is 1.38. The van der Waals surface area contributed by atoms with Crippen LogP contribution in [-0.2, 0) is 20.1 Å². The average molecular weight is 398 g/mol. The van der Waals surface area contributed by atoms with Crippen LogP contribution in [0.15, 0.2) is 35.3 Å². The molecule has 2 aromatic rings.